The average molecular weight is 293 g/mol. The highest BCUT2D eigenvalue weighted by molar-refractivity contribution is 5.77. The van der Waals surface area contributed by atoms with E-state index >= 15 is 0 Å². The minimum absolute atomic E-state index is 0.0291. The quantitative estimate of drug-likeness (QED) is 0.807. The Bertz CT molecular complexity index is 866. The number of para-hydroxylation sites is 1. The van der Waals surface area contributed by atoms with Crippen molar-refractivity contribution in [2.45, 2.75) is 19.9 Å². The van der Waals surface area contributed by atoms with Crippen molar-refractivity contribution in [3.8, 4) is 5.69 Å². The molecule has 2 aromatic carbocycles. The van der Waals surface area contributed by atoms with Crippen LogP contribution in [0.1, 0.15) is 24.4 Å². The van der Waals surface area contributed by atoms with Crippen LogP contribution in [0.15, 0.2) is 53.3 Å². The van der Waals surface area contributed by atoms with Crippen molar-refractivity contribution >= 4 is 10.9 Å². The molecule has 0 spiro atoms. The number of aromatic nitrogens is 2. The van der Waals surface area contributed by atoms with E-state index in [1.165, 1.54) is 0 Å². The molecule has 4 heteroatoms. The summed E-state index contributed by atoms with van der Waals surface area (Å²) in [6.45, 7) is 4.03. The van der Waals surface area contributed by atoms with Gasteiger partial charge in [0.05, 0.1) is 22.6 Å². The molecule has 4 nitrogen and oxygen atoms in total. The fourth-order valence-corrected chi connectivity index (χ4v) is 2.51. The molecule has 0 saturated carbocycles. The van der Waals surface area contributed by atoms with Gasteiger partial charge in [0.1, 0.15) is 5.82 Å². The van der Waals surface area contributed by atoms with Crippen LogP contribution in [0.25, 0.3) is 16.6 Å². The van der Waals surface area contributed by atoms with Gasteiger partial charge in [-0.25, -0.2) is 4.98 Å². The first-order valence-corrected chi connectivity index (χ1v) is 7.38. The van der Waals surface area contributed by atoms with Crippen molar-refractivity contribution in [2.75, 3.05) is 7.05 Å². The maximum Gasteiger partial charge on any atom is 0.266 e. The molecule has 1 heterocycles. The lowest BCUT2D eigenvalue weighted by Gasteiger charge is -2.18. The van der Waals surface area contributed by atoms with Crippen LogP contribution in [0.4, 0.5) is 0 Å². The molecule has 0 fully saturated rings. The summed E-state index contributed by atoms with van der Waals surface area (Å²) in [5.41, 5.74) is 2.69. The highest BCUT2D eigenvalue weighted by atomic mass is 16.1. The van der Waals surface area contributed by atoms with Crippen molar-refractivity contribution in [1.82, 2.24) is 14.9 Å². The Morgan fingerprint density at radius 3 is 2.45 bits per heavy atom. The first kappa shape index (κ1) is 14.5. The predicted molar refractivity (Wildman–Crippen MR) is 89.6 cm³/mol. The fourth-order valence-electron chi connectivity index (χ4n) is 2.51. The van der Waals surface area contributed by atoms with E-state index in [0.717, 1.165) is 22.6 Å². The number of nitrogens with one attached hydrogen (secondary N) is 1. The highest BCUT2D eigenvalue weighted by Crippen LogP contribution is 2.18. The molecule has 1 unspecified atom stereocenters. The number of hydrogen-bond acceptors (Lipinski definition) is 3. The summed E-state index contributed by atoms with van der Waals surface area (Å²) in [5.74, 6) is 0.718. The SMILES string of the molecule is CNC(C)c1nc2ccccc2c(=O)n1-c1ccc(C)cc1. The van der Waals surface area contributed by atoms with Crippen molar-refractivity contribution in [3.05, 3.63) is 70.3 Å². The molecule has 3 rings (SSSR count). The Morgan fingerprint density at radius 2 is 1.77 bits per heavy atom. The molecule has 1 aromatic heterocycles. The highest BCUT2D eigenvalue weighted by Gasteiger charge is 2.16. The van der Waals surface area contributed by atoms with Gasteiger partial charge in [-0.05, 0) is 45.2 Å². The molecule has 1 atom stereocenters. The number of hydrogen-bond donors (Lipinski definition) is 1. The standard InChI is InChI=1S/C18H19N3O/c1-12-8-10-14(11-9-12)21-17(13(2)19-3)20-16-7-5-4-6-15(16)18(21)22/h4-11,13,19H,1-3H3. The van der Waals surface area contributed by atoms with Crippen molar-refractivity contribution < 1.29 is 0 Å². The van der Waals surface area contributed by atoms with Crippen molar-refractivity contribution in [1.29, 1.82) is 0 Å². The van der Waals surface area contributed by atoms with E-state index < -0.39 is 0 Å². The van der Waals surface area contributed by atoms with E-state index in [1.807, 2.05) is 69.4 Å². The molecule has 0 saturated heterocycles. The normalized spacial score (nSPS) is 12.5. The second kappa shape index (κ2) is 5.73. The summed E-state index contributed by atoms with van der Waals surface area (Å²) in [6, 6.07) is 15.4. The second-order valence-electron chi connectivity index (χ2n) is 5.47. The molecule has 0 bridgehead atoms. The maximum atomic E-state index is 13.0. The summed E-state index contributed by atoms with van der Waals surface area (Å²) >= 11 is 0. The van der Waals surface area contributed by atoms with Crippen LogP contribution >= 0.6 is 0 Å². The molecule has 1 N–H and O–H groups in total. The van der Waals surface area contributed by atoms with Crippen LogP contribution < -0.4 is 10.9 Å². The van der Waals surface area contributed by atoms with Crippen LogP contribution in [0.2, 0.25) is 0 Å². The monoisotopic (exact) mass is 293 g/mol. The Morgan fingerprint density at radius 1 is 1.09 bits per heavy atom. The lowest BCUT2D eigenvalue weighted by Crippen LogP contribution is -2.28. The van der Waals surface area contributed by atoms with E-state index in [9.17, 15) is 4.79 Å². The lowest BCUT2D eigenvalue weighted by atomic mass is 10.2. The Balaban J connectivity index is 2.37. The van der Waals surface area contributed by atoms with Gasteiger partial charge >= 0.3 is 0 Å². The Hall–Kier alpha value is -2.46. The smallest absolute Gasteiger partial charge is 0.266 e. The first-order chi connectivity index (χ1) is 10.6. The van der Waals surface area contributed by atoms with E-state index in [2.05, 4.69) is 5.32 Å². The summed E-state index contributed by atoms with van der Waals surface area (Å²) in [4.78, 5) is 17.7. The van der Waals surface area contributed by atoms with E-state index in [4.69, 9.17) is 4.98 Å². The second-order valence-corrected chi connectivity index (χ2v) is 5.47. The third-order valence-corrected chi connectivity index (χ3v) is 3.91. The average Bonchev–Trinajstić information content (AvgIpc) is 2.55. The molecule has 3 aromatic rings. The third-order valence-electron chi connectivity index (χ3n) is 3.91. The topological polar surface area (TPSA) is 46.9 Å². The fraction of sp³-hybridized carbons (Fsp3) is 0.222. The molecule has 0 radical (unpaired) electrons. The van der Waals surface area contributed by atoms with Gasteiger partial charge in [0.15, 0.2) is 0 Å². The molecular formula is C18H19N3O. The Kier molecular flexibility index (Phi) is 3.77. The van der Waals surface area contributed by atoms with Crippen LogP contribution in [-0.2, 0) is 0 Å². The summed E-state index contributed by atoms with van der Waals surface area (Å²) in [6.07, 6.45) is 0. The van der Waals surface area contributed by atoms with Gasteiger partial charge in [-0.1, -0.05) is 29.8 Å². The number of nitrogens with zero attached hydrogens (tertiary/aromatic N) is 2. The summed E-state index contributed by atoms with van der Waals surface area (Å²) in [5, 5.41) is 3.81. The third kappa shape index (κ3) is 2.42. The number of fused-ring (bicyclic) bond motifs is 1. The van der Waals surface area contributed by atoms with Gasteiger partial charge in [-0.15, -0.1) is 0 Å². The zero-order chi connectivity index (χ0) is 15.7. The number of aryl methyl sites for hydroxylation is 1. The van der Waals surface area contributed by atoms with Crippen molar-refractivity contribution in [2.24, 2.45) is 0 Å². The zero-order valence-electron chi connectivity index (χ0n) is 13.0. The van der Waals surface area contributed by atoms with E-state index in [1.54, 1.807) is 4.57 Å². The zero-order valence-corrected chi connectivity index (χ0v) is 13.0. The van der Waals surface area contributed by atoms with Gasteiger partial charge in [0.2, 0.25) is 0 Å². The minimum Gasteiger partial charge on any atom is -0.311 e. The molecule has 0 aliphatic heterocycles. The molecular weight excluding hydrogens is 274 g/mol. The first-order valence-electron chi connectivity index (χ1n) is 7.38. The Labute approximate surface area is 129 Å². The van der Waals surface area contributed by atoms with Gasteiger partial charge in [0, 0.05) is 0 Å². The molecule has 0 amide bonds. The predicted octanol–water partition coefficient (Wildman–Crippen LogP) is 2.97. The molecule has 0 aliphatic rings. The van der Waals surface area contributed by atoms with Crippen LogP contribution in [0.5, 0.6) is 0 Å². The van der Waals surface area contributed by atoms with E-state index in [-0.39, 0.29) is 11.6 Å². The van der Waals surface area contributed by atoms with Gasteiger partial charge < -0.3 is 5.32 Å². The van der Waals surface area contributed by atoms with Crippen LogP contribution in [0, 0.1) is 6.92 Å². The summed E-state index contributed by atoms with van der Waals surface area (Å²) in [7, 11) is 1.87. The van der Waals surface area contributed by atoms with Crippen LogP contribution in [0.3, 0.4) is 0 Å². The van der Waals surface area contributed by atoms with E-state index in [0.29, 0.717) is 5.39 Å². The molecule has 0 aliphatic carbocycles. The van der Waals surface area contributed by atoms with Crippen molar-refractivity contribution in [3.63, 3.8) is 0 Å². The molecule has 112 valence electrons. The van der Waals surface area contributed by atoms with Gasteiger partial charge in [-0.2, -0.15) is 0 Å². The number of rotatable bonds is 3. The molecule has 22 heavy (non-hydrogen) atoms. The van der Waals surface area contributed by atoms with Gasteiger partial charge in [0.25, 0.3) is 5.56 Å². The van der Waals surface area contributed by atoms with Crippen LogP contribution in [-0.4, -0.2) is 16.6 Å². The maximum absolute atomic E-state index is 13.0. The summed E-state index contributed by atoms with van der Waals surface area (Å²) < 4.78 is 1.70. The minimum atomic E-state index is -0.0356. The largest absolute Gasteiger partial charge is 0.311 e. The van der Waals surface area contributed by atoms with Gasteiger partial charge in [-0.3, -0.25) is 9.36 Å². The lowest BCUT2D eigenvalue weighted by molar-refractivity contribution is 0.589. The number of benzene rings is 2.